The molecular weight excluding hydrogens is 331 g/mol. The smallest absolute Gasteiger partial charge is 0.222 e. The minimum atomic E-state index is -0.159. The Balaban J connectivity index is 1.48. The van der Waals surface area contributed by atoms with E-state index in [0.717, 1.165) is 36.5 Å². The van der Waals surface area contributed by atoms with Crippen LogP contribution in [-0.2, 0) is 24.8 Å². The lowest BCUT2D eigenvalue weighted by Crippen LogP contribution is -2.48. The van der Waals surface area contributed by atoms with Gasteiger partial charge in [-0.25, -0.2) is 4.39 Å². The quantitative estimate of drug-likeness (QED) is 0.824. The maximum absolute atomic E-state index is 13.8. The van der Waals surface area contributed by atoms with E-state index in [-0.39, 0.29) is 11.7 Å². The van der Waals surface area contributed by atoms with E-state index in [0.29, 0.717) is 26.1 Å². The number of rotatable bonds is 5. The summed E-state index contributed by atoms with van der Waals surface area (Å²) < 4.78 is 15.7. The second-order valence-corrected chi connectivity index (χ2v) is 7.02. The number of piperazine rings is 1. The zero-order valence-corrected chi connectivity index (χ0v) is 15.8. The Morgan fingerprint density at radius 3 is 2.46 bits per heavy atom. The van der Waals surface area contributed by atoms with E-state index >= 15 is 0 Å². The van der Waals surface area contributed by atoms with Crippen LogP contribution in [0.15, 0.2) is 24.3 Å². The number of benzene rings is 1. The summed E-state index contributed by atoms with van der Waals surface area (Å²) in [7, 11) is 1.93. The summed E-state index contributed by atoms with van der Waals surface area (Å²) in [5.74, 6) is 0.0337. The second kappa shape index (κ2) is 7.99. The Kier molecular flexibility index (Phi) is 5.71. The SMILES string of the molecule is Cc1nn(C)c(C)c1CCC(=O)N1CCN(Cc2ccccc2F)CC1. The third-order valence-electron chi connectivity index (χ3n) is 5.32. The van der Waals surface area contributed by atoms with Crippen LogP contribution in [0.25, 0.3) is 0 Å². The van der Waals surface area contributed by atoms with Gasteiger partial charge < -0.3 is 4.90 Å². The van der Waals surface area contributed by atoms with Crippen LogP contribution in [0.5, 0.6) is 0 Å². The molecule has 1 amide bonds. The van der Waals surface area contributed by atoms with Crippen LogP contribution in [0.2, 0.25) is 0 Å². The number of carbonyl (C=O) groups excluding carboxylic acids is 1. The predicted octanol–water partition coefficient (Wildman–Crippen LogP) is 2.45. The maximum atomic E-state index is 13.8. The molecule has 26 heavy (non-hydrogen) atoms. The molecule has 1 aromatic carbocycles. The van der Waals surface area contributed by atoms with Crippen molar-refractivity contribution in [2.45, 2.75) is 33.2 Å². The number of aryl methyl sites for hydroxylation is 2. The summed E-state index contributed by atoms with van der Waals surface area (Å²) in [6, 6.07) is 6.89. The van der Waals surface area contributed by atoms with Crippen molar-refractivity contribution in [1.82, 2.24) is 19.6 Å². The molecule has 0 atom stereocenters. The molecule has 6 heteroatoms. The van der Waals surface area contributed by atoms with Gasteiger partial charge in [0, 0.05) is 57.4 Å². The van der Waals surface area contributed by atoms with Crippen LogP contribution in [0.4, 0.5) is 4.39 Å². The third-order valence-corrected chi connectivity index (χ3v) is 5.32. The molecule has 0 spiro atoms. The van der Waals surface area contributed by atoms with Gasteiger partial charge in [-0.05, 0) is 31.9 Å². The van der Waals surface area contributed by atoms with Crippen molar-refractivity contribution in [2.75, 3.05) is 26.2 Å². The fourth-order valence-corrected chi connectivity index (χ4v) is 3.59. The number of aromatic nitrogens is 2. The highest BCUT2D eigenvalue weighted by Crippen LogP contribution is 2.16. The zero-order chi connectivity index (χ0) is 18.7. The first-order chi connectivity index (χ1) is 12.5. The van der Waals surface area contributed by atoms with Crippen molar-refractivity contribution < 1.29 is 9.18 Å². The monoisotopic (exact) mass is 358 g/mol. The molecule has 2 aromatic rings. The van der Waals surface area contributed by atoms with E-state index in [2.05, 4.69) is 10.00 Å². The van der Waals surface area contributed by atoms with Gasteiger partial charge in [-0.3, -0.25) is 14.4 Å². The molecule has 0 unspecified atom stereocenters. The van der Waals surface area contributed by atoms with Crippen LogP contribution < -0.4 is 0 Å². The first-order valence-corrected chi connectivity index (χ1v) is 9.18. The molecule has 1 fully saturated rings. The Bertz CT molecular complexity index is 778. The van der Waals surface area contributed by atoms with Crippen molar-refractivity contribution in [3.63, 3.8) is 0 Å². The number of hydrogen-bond donors (Lipinski definition) is 0. The molecule has 2 heterocycles. The Hall–Kier alpha value is -2.21. The minimum absolute atomic E-state index is 0.159. The van der Waals surface area contributed by atoms with E-state index in [1.54, 1.807) is 6.07 Å². The molecule has 1 aromatic heterocycles. The summed E-state index contributed by atoms with van der Waals surface area (Å²) in [5, 5.41) is 4.41. The van der Waals surface area contributed by atoms with Gasteiger partial charge in [-0.1, -0.05) is 18.2 Å². The highest BCUT2D eigenvalue weighted by atomic mass is 19.1. The molecular formula is C20H27FN4O. The average Bonchev–Trinajstić information content (AvgIpc) is 2.87. The van der Waals surface area contributed by atoms with Crippen molar-refractivity contribution in [1.29, 1.82) is 0 Å². The number of carbonyl (C=O) groups is 1. The lowest BCUT2D eigenvalue weighted by molar-refractivity contribution is -0.133. The molecule has 0 bridgehead atoms. The minimum Gasteiger partial charge on any atom is -0.340 e. The summed E-state index contributed by atoms with van der Waals surface area (Å²) in [5.41, 5.74) is 4.03. The normalized spacial score (nSPS) is 15.5. The van der Waals surface area contributed by atoms with Gasteiger partial charge in [0.15, 0.2) is 0 Å². The molecule has 5 nitrogen and oxygen atoms in total. The standard InChI is InChI=1S/C20H27FN4O/c1-15-18(16(2)23(3)22-15)8-9-20(26)25-12-10-24(11-13-25)14-17-6-4-5-7-19(17)21/h4-7H,8-14H2,1-3H3. The van der Waals surface area contributed by atoms with E-state index in [9.17, 15) is 9.18 Å². The van der Waals surface area contributed by atoms with Crippen molar-refractivity contribution >= 4 is 5.91 Å². The lowest BCUT2D eigenvalue weighted by atomic mass is 10.1. The van der Waals surface area contributed by atoms with Crippen molar-refractivity contribution in [3.8, 4) is 0 Å². The fraction of sp³-hybridized carbons (Fsp3) is 0.500. The van der Waals surface area contributed by atoms with E-state index in [1.807, 2.05) is 42.6 Å². The highest BCUT2D eigenvalue weighted by molar-refractivity contribution is 5.76. The number of amides is 1. The van der Waals surface area contributed by atoms with Crippen molar-refractivity contribution in [3.05, 3.63) is 52.6 Å². The molecule has 0 N–H and O–H groups in total. The molecule has 140 valence electrons. The first kappa shape index (κ1) is 18.6. The van der Waals surface area contributed by atoms with Crippen LogP contribution in [0, 0.1) is 19.7 Å². The Morgan fingerprint density at radius 2 is 1.85 bits per heavy atom. The van der Waals surface area contributed by atoms with Gasteiger partial charge in [-0.15, -0.1) is 0 Å². The van der Waals surface area contributed by atoms with E-state index in [4.69, 9.17) is 0 Å². The largest absolute Gasteiger partial charge is 0.340 e. The van der Waals surface area contributed by atoms with Crippen molar-refractivity contribution in [2.24, 2.45) is 7.05 Å². The van der Waals surface area contributed by atoms with Crippen LogP contribution in [-0.4, -0.2) is 51.7 Å². The second-order valence-electron chi connectivity index (χ2n) is 7.02. The Labute approximate surface area is 154 Å². The summed E-state index contributed by atoms with van der Waals surface area (Å²) in [6.07, 6.45) is 1.25. The van der Waals surface area contributed by atoms with Gasteiger partial charge in [-0.2, -0.15) is 5.10 Å². The predicted molar refractivity (Wildman–Crippen MR) is 99.3 cm³/mol. The summed E-state index contributed by atoms with van der Waals surface area (Å²) >= 11 is 0. The molecule has 3 rings (SSSR count). The third kappa shape index (κ3) is 4.12. The topological polar surface area (TPSA) is 41.4 Å². The van der Waals surface area contributed by atoms with Crippen LogP contribution in [0.1, 0.15) is 28.9 Å². The molecule has 1 aliphatic heterocycles. The molecule has 1 aliphatic rings. The zero-order valence-electron chi connectivity index (χ0n) is 15.8. The van der Waals surface area contributed by atoms with Crippen LogP contribution in [0.3, 0.4) is 0 Å². The molecule has 0 radical (unpaired) electrons. The van der Waals surface area contributed by atoms with Gasteiger partial charge >= 0.3 is 0 Å². The number of hydrogen-bond acceptors (Lipinski definition) is 3. The van der Waals surface area contributed by atoms with E-state index < -0.39 is 0 Å². The fourth-order valence-electron chi connectivity index (χ4n) is 3.59. The van der Waals surface area contributed by atoms with Gasteiger partial charge in [0.25, 0.3) is 0 Å². The number of nitrogens with zero attached hydrogens (tertiary/aromatic N) is 4. The highest BCUT2D eigenvalue weighted by Gasteiger charge is 2.22. The molecule has 1 saturated heterocycles. The first-order valence-electron chi connectivity index (χ1n) is 9.18. The summed E-state index contributed by atoms with van der Waals surface area (Å²) in [4.78, 5) is 16.7. The van der Waals surface area contributed by atoms with Gasteiger partial charge in [0.05, 0.1) is 5.69 Å². The number of halogens is 1. The molecule has 0 saturated carbocycles. The summed E-state index contributed by atoms with van der Waals surface area (Å²) in [6.45, 7) is 7.62. The maximum Gasteiger partial charge on any atom is 0.222 e. The van der Waals surface area contributed by atoms with E-state index in [1.165, 1.54) is 11.6 Å². The molecule has 0 aliphatic carbocycles. The van der Waals surface area contributed by atoms with Gasteiger partial charge in [0.2, 0.25) is 5.91 Å². The lowest BCUT2D eigenvalue weighted by Gasteiger charge is -2.35. The van der Waals surface area contributed by atoms with Gasteiger partial charge in [0.1, 0.15) is 5.82 Å². The average molecular weight is 358 g/mol. The van der Waals surface area contributed by atoms with Crippen LogP contribution >= 0.6 is 0 Å². The Morgan fingerprint density at radius 1 is 1.15 bits per heavy atom.